The third kappa shape index (κ3) is 4.01. The van der Waals surface area contributed by atoms with Crippen molar-refractivity contribution in [2.24, 2.45) is 10.2 Å². The molecule has 0 radical (unpaired) electrons. The molecule has 3 rings (SSSR count). The zero-order chi connectivity index (χ0) is 17.8. The topological polar surface area (TPSA) is 81.3 Å². The molecule has 0 saturated carbocycles. The molecule has 3 aromatic rings. The van der Waals surface area contributed by atoms with Crippen LogP contribution >= 0.6 is 11.3 Å². The molecule has 0 aliphatic heterocycles. The second-order valence-electron chi connectivity index (χ2n) is 5.59. The van der Waals surface area contributed by atoms with Crippen LogP contribution in [0.1, 0.15) is 19.4 Å². The van der Waals surface area contributed by atoms with E-state index in [-0.39, 0.29) is 6.61 Å². The number of azo groups is 1. The average molecular weight is 356 g/mol. The number of fused-ring (bicyclic) bond motifs is 1. The summed E-state index contributed by atoms with van der Waals surface area (Å²) in [5.41, 5.74) is 3.37. The van der Waals surface area contributed by atoms with Crippen molar-refractivity contribution in [3.8, 4) is 0 Å². The van der Waals surface area contributed by atoms with Crippen molar-refractivity contribution in [3.05, 3.63) is 48.0 Å². The van der Waals surface area contributed by atoms with Crippen molar-refractivity contribution < 1.29 is 10.2 Å². The molecule has 7 heteroatoms. The second kappa shape index (κ2) is 7.69. The number of aliphatic hydroxyl groups is 2. The predicted molar refractivity (Wildman–Crippen MR) is 101 cm³/mol. The molecule has 0 fully saturated rings. The molecule has 1 heterocycles. The van der Waals surface area contributed by atoms with Gasteiger partial charge in [-0.15, -0.1) is 10.2 Å². The van der Waals surface area contributed by atoms with Gasteiger partial charge in [-0.1, -0.05) is 17.4 Å². The van der Waals surface area contributed by atoms with Gasteiger partial charge in [0.05, 0.1) is 22.5 Å². The number of aliphatic hydroxyl groups excluding tert-OH is 2. The van der Waals surface area contributed by atoms with Crippen molar-refractivity contribution in [3.63, 3.8) is 0 Å². The molecule has 0 amide bonds. The van der Waals surface area contributed by atoms with Gasteiger partial charge in [0.1, 0.15) is 6.23 Å². The Balaban J connectivity index is 1.77. The Bertz CT molecular complexity index is 874. The SMILES string of the molecule is CCN(c1ccc(/N=N/c2nc3ccc(CO)cc3s2)cc1)C(C)O. The fourth-order valence-electron chi connectivity index (χ4n) is 2.57. The number of nitrogens with zero attached hydrogens (tertiary/aromatic N) is 4. The highest BCUT2D eigenvalue weighted by molar-refractivity contribution is 7.21. The number of hydrogen-bond donors (Lipinski definition) is 2. The van der Waals surface area contributed by atoms with Crippen LogP contribution in [-0.4, -0.2) is 28.0 Å². The number of benzene rings is 2. The number of thiazole rings is 1. The maximum Gasteiger partial charge on any atom is 0.231 e. The molecule has 25 heavy (non-hydrogen) atoms. The Morgan fingerprint density at radius 1 is 1.16 bits per heavy atom. The maximum atomic E-state index is 9.75. The van der Waals surface area contributed by atoms with Gasteiger partial charge in [-0.3, -0.25) is 0 Å². The fraction of sp³-hybridized carbons (Fsp3) is 0.278. The zero-order valence-electron chi connectivity index (χ0n) is 14.1. The van der Waals surface area contributed by atoms with E-state index in [0.29, 0.717) is 5.13 Å². The Morgan fingerprint density at radius 3 is 2.56 bits per heavy atom. The van der Waals surface area contributed by atoms with Gasteiger partial charge >= 0.3 is 0 Å². The monoisotopic (exact) mass is 356 g/mol. The lowest BCUT2D eigenvalue weighted by Gasteiger charge is -2.26. The fourth-order valence-corrected chi connectivity index (χ4v) is 3.42. The van der Waals surface area contributed by atoms with Gasteiger partial charge < -0.3 is 15.1 Å². The van der Waals surface area contributed by atoms with Crippen molar-refractivity contribution >= 4 is 38.1 Å². The van der Waals surface area contributed by atoms with Crippen molar-refractivity contribution in [2.45, 2.75) is 26.7 Å². The normalized spacial score (nSPS) is 12.8. The Labute approximate surface area is 150 Å². The van der Waals surface area contributed by atoms with Crippen LogP contribution in [0.5, 0.6) is 0 Å². The number of hydrogen-bond acceptors (Lipinski definition) is 7. The summed E-state index contributed by atoms with van der Waals surface area (Å²) in [6, 6.07) is 13.2. The van der Waals surface area contributed by atoms with E-state index in [1.165, 1.54) is 11.3 Å². The maximum absolute atomic E-state index is 9.75. The largest absolute Gasteiger partial charge is 0.392 e. The Kier molecular flexibility index (Phi) is 5.37. The highest BCUT2D eigenvalue weighted by Gasteiger charge is 2.09. The third-order valence-electron chi connectivity index (χ3n) is 3.85. The van der Waals surface area contributed by atoms with Crippen LogP contribution in [0.3, 0.4) is 0 Å². The van der Waals surface area contributed by atoms with Crippen molar-refractivity contribution in [1.29, 1.82) is 0 Å². The number of rotatable bonds is 6. The van der Waals surface area contributed by atoms with E-state index in [1.807, 2.05) is 54.3 Å². The first-order valence-corrected chi connectivity index (χ1v) is 8.89. The molecule has 2 aromatic carbocycles. The van der Waals surface area contributed by atoms with Gasteiger partial charge in [0.2, 0.25) is 5.13 Å². The Hall–Kier alpha value is -2.35. The Morgan fingerprint density at radius 2 is 1.92 bits per heavy atom. The number of anilines is 1. The van der Waals surface area contributed by atoms with E-state index in [0.717, 1.165) is 33.7 Å². The summed E-state index contributed by atoms with van der Waals surface area (Å²) in [6.07, 6.45) is -0.538. The molecule has 6 nitrogen and oxygen atoms in total. The van der Waals surface area contributed by atoms with Crippen LogP contribution < -0.4 is 4.90 Å². The first kappa shape index (κ1) is 17.5. The molecule has 130 valence electrons. The smallest absolute Gasteiger partial charge is 0.231 e. The molecule has 0 saturated heterocycles. The standard InChI is InChI=1S/C18H20N4O2S/c1-3-22(12(2)24)15-7-5-14(6-8-15)20-21-18-19-16-9-4-13(11-23)10-17(16)25-18/h4-10,12,23-24H,3,11H2,1-2H3/b21-20+. The van der Waals surface area contributed by atoms with Gasteiger partial charge in [0, 0.05) is 12.2 Å². The second-order valence-corrected chi connectivity index (χ2v) is 6.60. The van der Waals surface area contributed by atoms with Crippen LogP contribution in [0.4, 0.5) is 16.5 Å². The summed E-state index contributed by atoms with van der Waals surface area (Å²) < 4.78 is 0.978. The number of aromatic nitrogens is 1. The van der Waals surface area contributed by atoms with E-state index in [4.69, 9.17) is 0 Å². The van der Waals surface area contributed by atoms with E-state index >= 15 is 0 Å². The van der Waals surface area contributed by atoms with Crippen LogP contribution in [0.15, 0.2) is 52.7 Å². The minimum absolute atomic E-state index is 0.0122. The van der Waals surface area contributed by atoms with Gasteiger partial charge in [-0.05, 0) is 55.8 Å². The lowest BCUT2D eigenvalue weighted by molar-refractivity contribution is 0.190. The molecular weight excluding hydrogens is 336 g/mol. The molecule has 1 unspecified atom stereocenters. The third-order valence-corrected chi connectivity index (χ3v) is 4.75. The van der Waals surface area contributed by atoms with E-state index in [2.05, 4.69) is 15.2 Å². The molecule has 0 aliphatic carbocycles. The highest BCUT2D eigenvalue weighted by Crippen LogP contribution is 2.30. The first-order valence-electron chi connectivity index (χ1n) is 8.07. The summed E-state index contributed by atoms with van der Waals surface area (Å²) in [5, 5.41) is 28.0. The lowest BCUT2D eigenvalue weighted by atomic mass is 10.2. The molecule has 1 atom stereocenters. The molecule has 1 aromatic heterocycles. The van der Waals surface area contributed by atoms with Gasteiger partial charge in [0.25, 0.3) is 0 Å². The molecular formula is C18H20N4O2S. The van der Waals surface area contributed by atoms with E-state index in [9.17, 15) is 10.2 Å². The highest BCUT2D eigenvalue weighted by atomic mass is 32.1. The lowest BCUT2D eigenvalue weighted by Crippen LogP contribution is -2.32. The summed E-state index contributed by atoms with van der Waals surface area (Å²) in [4.78, 5) is 6.30. The molecule has 0 spiro atoms. The minimum Gasteiger partial charge on any atom is -0.392 e. The minimum atomic E-state index is -0.538. The van der Waals surface area contributed by atoms with Gasteiger partial charge in [0.15, 0.2) is 0 Å². The summed E-state index contributed by atoms with van der Waals surface area (Å²) in [5.74, 6) is 0. The molecule has 0 bridgehead atoms. The summed E-state index contributed by atoms with van der Waals surface area (Å²) >= 11 is 1.44. The van der Waals surface area contributed by atoms with Gasteiger partial charge in [-0.25, -0.2) is 4.98 Å². The zero-order valence-corrected chi connectivity index (χ0v) is 14.9. The molecule has 2 N–H and O–H groups in total. The van der Waals surface area contributed by atoms with Gasteiger partial charge in [-0.2, -0.15) is 0 Å². The predicted octanol–water partition coefficient (Wildman–Crippen LogP) is 4.37. The van der Waals surface area contributed by atoms with Crippen LogP contribution in [0.2, 0.25) is 0 Å². The molecule has 0 aliphatic rings. The van der Waals surface area contributed by atoms with E-state index in [1.54, 1.807) is 6.92 Å². The van der Waals surface area contributed by atoms with Crippen LogP contribution in [0, 0.1) is 0 Å². The van der Waals surface area contributed by atoms with Crippen LogP contribution in [-0.2, 0) is 6.61 Å². The first-order chi connectivity index (χ1) is 12.1. The summed E-state index contributed by atoms with van der Waals surface area (Å²) in [6.45, 7) is 4.47. The average Bonchev–Trinajstić information content (AvgIpc) is 3.03. The van der Waals surface area contributed by atoms with E-state index < -0.39 is 6.23 Å². The van der Waals surface area contributed by atoms with Crippen molar-refractivity contribution in [2.75, 3.05) is 11.4 Å². The quantitative estimate of drug-likeness (QED) is 0.508. The summed E-state index contributed by atoms with van der Waals surface area (Å²) in [7, 11) is 0. The van der Waals surface area contributed by atoms with Crippen molar-refractivity contribution in [1.82, 2.24) is 4.98 Å². The van der Waals surface area contributed by atoms with Crippen LogP contribution in [0.25, 0.3) is 10.2 Å².